The molecule has 0 saturated carbocycles. The van der Waals surface area contributed by atoms with Crippen LogP contribution in [0, 0.1) is 13.8 Å². The smallest absolute Gasteiger partial charge is 0.297 e. The lowest BCUT2D eigenvalue weighted by atomic mass is 9.95. The van der Waals surface area contributed by atoms with Crippen LogP contribution in [0.4, 0.5) is 5.13 Å². The lowest BCUT2D eigenvalue weighted by Gasteiger charge is -2.23. The Hall–Kier alpha value is -2.77. The summed E-state index contributed by atoms with van der Waals surface area (Å²) in [4.78, 5) is 34.5. The zero-order chi connectivity index (χ0) is 22.7. The van der Waals surface area contributed by atoms with Crippen LogP contribution in [-0.4, -0.2) is 10.9 Å². The van der Waals surface area contributed by atoms with E-state index in [0.29, 0.717) is 27.6 Å². The fraction of sp³-hybridized carbons (Fsp3) is 0.240. The number of carbonyl (C=O) groups is 1. The van der Waals surface area contributed by atoms with Crippen molar-refractivity contribution in [2.24, 2.45) is 0 Å². The largest absolute Gasteiger partial charge is 0.450 e. The summed E-state index contributed by atoms with van der Waals surface area (Å²) in [7, 11) is 0. The van der Waals surface area contributed by atoms with Crippen LogP contribution in [0.1, 0.15) is 63.6 Å². The quantitative estimate of drug-likeness (QED) is 0.316. The number of benzene rings is 2. The maximum absolute atomic E-state index is 13.6. The summed E-state index contributed by atoms with van der Waals surface area (Å²) < 4.78 is 6.80. The highest BCUT2D eigenvalue weighted by atomic mass is 79.9. The Morgan fingerprint density at radius 2 is 1.81 bits per heavy atom. The van der Waals surface area contributed by atoms with Crippen LogP contribution in [0.15, 0.2) is 56.1 Å². The van der Waals surface area contributed by atoms with Gasteiger partial charge in [0.2, 0.25) is 5.76 Å². The van der Waals surface area contributed by atoms with Crippen LogP contribution in [0.2, 0.25) is 0 Å². The Bertz CT molecular complexity index is 1420. The third-order valence-corrected chi connectivity index (χ3v) is 7.54. The van der Waals surface area contributed by atoms with Crippen molar-refractivity contribution in [3.8, 4) is 0 Å². The molecule has 2 aromatic carbocycles. The topological polar surface area (TPSA) is 63.4 Å². The molecule has 0 saturated heterocycles. The molecule has 1 aliphatic heterocycles. The van der Waals surface area contributed by atoms with Gasteiger partial charge in [0.15, 0.2) is 10.6 Å². The van der Waals surface area contributed by atoms with Crippen molar-refractivity contribution in [2.75, 3.05) is 4.90 Å². The van der Waals surface area contributed by atoms with Gasteiger partial charge in [-0.05, 0) is 49.1 Å². The van der Waals surface area contributed by atoms with Crippen LogP contribution >= 0.6 is 27.3 Å². The molecular weight excluding hydrogens is 488 g/mol. The van der Waals surface area contributed by atoms with E-state index >= 15 is 0 Å². The van der Waals surface area contributed by atoms with Crippen LogP contribution < -0.4 is 10.3 Å². The molecule has 0 bridgehead atoms. The van der Waals surface area contributed by atoms with Gasteiger partial charge in [-0.2, -0.15) is 0 Å². The van der Waals surface area contributed by atoms with E-state index in [2.05, 4.69) is 46.9 Å². The molecule has 0 N–H and O–H groups in total. The molecule has 4 aromatic rings. The van der Waals surface area contributed by atoms with Gasteiger partial charge in [0.25, 0.3) is 5.91 Å². The van der Waals surface area contributed by atoms with E-state index in [1.54, 1.807) is 23.1 Å². The molecule has 1 amide bonds. The SMILES string of the molecule is Cc1nc(N2C(=O)c3oc4ccc(Br)cc4c(=O)c3[C@H]2c2ccc(C(C)C)cc2)sc1C. The molecule has 0 unspecified atom stereocenters. The maximum Gasteiger partial charge on any atom is 0.297 e. The number of aromatic nitrogens is 1. The molecule has 2 aromatic heterocycles. The van der Waals surface area contributed by atoms with Crippen molar-refractivity contribution >= 4 is 49.3 Å². The standard InChI is InChI=1S/C25H21BrN2O3S/c1-12(2)15-5-7-16(8-6-15)21-20-22(29)18-11-17(26)9-10-19(18)31-23(20)24(30)28(21)25-27-13(3)14(4)32-25/h5-12,21H,1-4H3/t21-/m1/s1. The Balaban J connectivity index is 1.79. The average Bonchev–Trinajstić information content (AvgIpc) is 3.25. The second kappa shape index (κ2) is 7.67. The molecule has 5 nitrogen and oxygen atoms in total. The zero-order valence-corrected chi connectivity index (χ0v) is 20.5. The van der Waals surface area contributed by atoms with E-state index in [0.717, 1.165) is 20.6 Å². The normalized spacial score (nSPS) is 15.8. The van der Waals surface area contributed by atoms with Gasteiger partial charge in [0.1, 0.15) is 5.58 Å². The van der Waals surface area contributed by atoms with Crippen LogP contribution in [0.3, 0.4) is 0 Å². The second-order valence-electron chi connectivity index (χ2n) is 8.35. The fourth-order valence-electron chi connectivity index (χ4n) is 4.08. The fourth-order valence-corrected chi connectivity index (χ4v) is 5.38. The van der Waals surface area contributed by atoms with Crippen molar-refractivity contribution in [1.82, 2.24) is 4.98 Å². The molecule has 1 atom stereocenters. The molecule has 0 radical (unpaired) electrons. The van der Waals surface area contributed by atoms with E-state index < -0.39 is 6.04 Å². The Morgan fingerprint density at radius 3 is 2.44 bits per heavy atom. The zero-order valence-electron chi connectivity index (χ0n) is 18.1. The lowest BCUT2D eigenvalue weighted by Crippen LogP contribution is -2.29. The van der Waals surface area contributed by atoms with Crippen molar-refractivity contribution < 1.29 is 9.21 Å². The minimum Gasteiger partial charge on any atom is -0.450 e. The molecule has 32 heavy (non-hydrogen) atoms. The minimum atomic E-state index is -0.594. The summed E-state index contributed by atoms with van der Waals surface area (Å²) in [6.45, 7) is 8.17. The molecule has 162 valence electrons. The van der Waals surface area contributed by atoms with Gasteiger partial charge < -0.3 is 4.42 Å². The van der Waals surface area contributed by atoms with Crippen molar-refractivity contribution in [3.05, 3.63) is 90.2 Å². The van der Waals surface area contributed by atoms with Gasteiger partial charge in [-0.25, -0.2) is 4.98 Å². The highest BCUT2D eigenvalue weighted by molar-refractivity contribution is 9.10. The van der Waals surface area contributed by atoms with E-state index in [4.69, 9.17) is 4.42 Å². The monoisotopic (exact) mass is 508 g/mol. The molecule has 7 heteroatoms. The van der Waals surface area contributed by atoms with Crippen LogP contribution in [0.5, 0.6) is 0 Å². The first-order valence-corrected chi connectivity index (χ1v) is 12.0. The number of carbonyl (C=O) groups excluding carboxylic acids is 1. The van der Waals surface area contributed by atoms with Gasteiger partial charge in [-0.1, -0.05) is 54.0 Å². The highest BCUT2D eigenvalue weighted by Crippen LogP contribution is 2.43. The first kappa shape index (κ1) is 21.1. The number of anilines is 1. The first-order valence-electron chi connectivity index (χ1n) is 10.4. The number of thiazole rings is 1. The van der Waals surface area contributed by atoms with E-state index in [1.165, 1.54) is 16.9 Å². The number of rotatable bonds is 3. The van der Waals surface area contributed by atoms with Crippen LogP contribution in [-0.2, 0) is 0 Å². The predicted octanol–water partition coefficient (Wildman–Crippen LogP) is 6.50. The van der Waals surface area contributed by atoms with Crippen LogP contribution in [0.25, 0.3) is 11.0 Å². The Morgan fingerprint density at radius 1 is 1.09 bits per heavy atom. The number of amides is 1. The van der Waals surface area contributed by atoms with Crippen molar-refractivity contribution in [3.63, 3.8) is 0 Å². The summed E-state index contributed by atoms with van der Waals surface area (Å²) in [5.74, 6) is 0.134. The molecule has 3 heterocycles. The summed E-state index contributed by atoms with van der Waals surface area (Å²) >= 11 is 4.88. The number of aryl methyl sites for hydroxylation is 2. The van der Waals surface area contributed by atoms with E-state index in [-0.39, 0.29) is 17.1 Å². The number of hydrogen-bond acceptors (Lipinski definition) is 5. The van der Waals surface area contributed by atoms with Gasteiger partial charge in [-0.15, -0.1) is 11.3 Å². The molecule has 0 spiro atoms. The third-order valence-electron chi connectivity index (χ3n) is 5.97. The number of hydrogen-bond donors (Lipinski definition) is 0. The Kier molecular flexibility index (Phi) is 5.06. The van der Waals surface area contributed by atoms with Gasteiger partial charge >= 0.3 is 0 Å². The Labute approximate surface area is 197 Å². The number of halogens is 1. The average molecular weight is 509 g/mol. The number of nitrogens with zero attached hydrogens (tertiary/aromatic N) is 2. The van der Waals surface area contributed by atoms with Gasteiger partial charge in [-0.3, -0.25) is 14.5 Å². The van der Waals surface area contributed by atoms with E-state index in [1.807, 2.05) is 26.0 Å². The summed E-state index contributed by atoms with van der Waals surface area (Å²) in [6, 6.07) is 12.7. The van der Waals surface area contributed by atoms with Gasteiger partial charge in [0, 0.05) is 9.35 Å². The van der Waals surface area contributed by atoms with Crippen molar-refractivity contribution in [2.45, 2.75) is 39.7 Å². The third kappa shape index (κ3) is 3.22. The molecule has 1 aliphatic rings. The highest BCUT2D eigenvalue weighted by Gasteiger charge is 2.45. The first-order chi connectivity index (χ1) is 15.3. The molecule has 0 fully saturated rings. The maximum atomic E-state index is 13.6. The predicted molar refractivity (Wildman–Crippen MR) is 131 cm³/mol. The van der Waals surface area contributed by atoms with Gasteiger partial charge in [0.05, 0.1) is 22.7 Å². The minimum absolute atomic E-state index is 0.0910. The lowest BCUT2D eigenvalue weighted by molar-refractivity contribution is 0.0971. The van der Waals surface area contributed by atoms with Crippen molar-refractivity contribution in [1.29, 1.82) is 0 Å². The molecule has 5 rings (SSSR count). The molecule has 0 aliphatic carbocycles. The summed E-state index contributed by atoms with van der Waals surface area (Å²) in [6.07, 6.45) is 0. The van der Waals surface area contributed by atoms with E-state index in [9.17, 15) is 9.59 Å². The number of fused-ring (bicyclic) bond motifs is 2. The molecular formula is C25H21BrN2O3S. The second-order valence-corrected chi connectivity index (χ2v) is 10.4. The summed E-state index contributed by atoms with van der Waals surface area (Å²) in [5, 5.41) is 1.02. The summed E-state index contributed by atoms with van der Waals surface area (Å²) in [5.41, 5.74) is 3.49.